The van der Waals surface area contributed by atoms with Crippen molar-refractivity contribution in [3.63, 3.8) is 0 Å². The smallest absolute Gasteiger partial charge is 0.302 e. The highest BCUT2D eigenvalue weighted by atomic mass is 16.5. The van der Waals surface area contributed by atoms with Crippen LogP contribution in [-0.2, 0) is 27.2 Å². The lowest BCUT2D eigenvalue weighted by molar-refractivity contribution is -0.142. The van der Waals surface area contributed by atoms with Gasteiger partial charge < -0.3 is 10.1 Å². The first-order valence-corrected chi connectivity index (χ1v) is 6.89. The van der Waals surface area contributed by atoms with Crippen molar-refractivity contribution < 1.29 is 14.3 Å². The van der Waals surface area contributed by atoms with Gasteiger partial charge in [0.05, 0.1) is 12.3 Å². The van der Waals surface area contributed by atoms with E-state index in [-0.39, 0.29) is 23.5 Å². The first-order chi connectivity index (χ1) is 9.99. The molecule has 0 spiro atoms. The molecule has 21 heavy (non-hydrogen) atoms. The first-order valence-electron chi connectivity index (χ1n) is 6.89. The maximum atomic E-state index is 11.2. The molecule has 1 aromatic rings. The Hall–Kier alpha value is -2.24. The molecule has 1 aliphatic rings. The van der Waals surface area contributed by atoms with Crippen molar-refractivity contribution in [2.75, 3.05) is 11.9 Å². The summed E-state index contributed by atoms with van der Waals surface area (Å²) < 4.78 is 5.06. The number of nitroso groups, excluding NO2 is 1. The highest BCUT2D eigenvalue weighted by Crippen LogP contribution is 2.34. The van der Waals surface area contributed by atoms with Gasteiger partial charge >= 0.3 is 5.97 Å². The van der Waals surface area contributed by atoms with Gasteiger partial charge in [-0.1, -0.05) is 0 Å². The molecule has 0 fully saturated rings. The summed E-state index contributed by atoms with van der Waals surface area (Å²) in [5.41, 5.74) is 2.82. The largest absolute Gasteiger partial charge is 0.466 e. The van der Waals surface area contributed by atoms with Gasteiger partial charge in [0, 0.05) is 13.8 Å². The van der Waals surface area contributed by atoms with Crippen molar-refractivity contribution in [3.05, 3.63) is 28.2 Å². The highest BCUT2D eigenvalue weighted by Gasteiger charge is 2.22. The third-order valence-electron chi connectivity index (χ3n) is 3.58. The summed E-state index contributed by atoms with van der Waals surface area (Å²) in [6.45, 7) is 3.18. The second-order valence-corrected chi connectivity index (χ2v) is 5.32. The van der Waals surface area contributed by atoms with Crippen molar-refractivity contribution in [2.24, 2.45) is 11.1 Å². The Kier molecular flexibility index (Phi) is 4.67. The zero-order valence-electron chi connectivity index (χ0n) is 12.1. The summed E-state index contributed by atoms with van der Waals surface area (Å²) in [7, 11) is 0. The van der Waals surface area contributed by atoms with Crippen LogP contribution in [0, 0.1) is 10.8 Å². The van der Waals surface area contributed by atoms with E-state index in [1.54, 1.807) is 12.1 Å². The predicted molar refractivity (Wildman–Crippen MR) is 78.3 cm³/mol. The zero-order chi connectivity index (χ0) is 15.4. The molecule has 0 aliphatic heterocycles. The average molecular weight is 290 g/mol. The molecule has 6 heteroatoms. The molecule has 0 aromatic heterocycles. The Balaban J connectivity index is 2.20. The number of carbonyl (C=O) groups excluding carboxylic acids is 2. The molecule has 1 amide bonds. The lowest BCUT2D eigenvalue weighted by atomic mass is 9.83. The zero-order valence-corrected chi connectivity index (χ0v) is 12.1. The molecule has 2 rings (SSSR count). The summed E-state index contributed by atoms with van der Waals surface area (Å²) in [6.07, 6.45) is 2.47. The topological polar surface area (TPSA) is 84.8 Å². The Morgan fingerprint density at radius 2 is 2.10 bits per heavy atom. The standard InChI is InChI=1S/C15H18N2O4/c1-9(18)16-14-7-13-5-11(8-21-10(2)19)3-4-12(13)6-15(14)17-20/h6-7,11H,3-5,8H2,1-2H3,(H,16,18). The summed E-state index contributed by atoms with van der Waals surface area (Å²) in [5.74, 6) is -0.256. The number of aryl methyl sites for hydroxylation is 1. The molecule has 0 saturated heterocycles. The van der Waals surface area contributed by atoms with E-state index in [4.69, 9.17) is 4.74 Å². The maximum absolute atomic E-state index is 11.2. The number of fused-ring (bicyclic) bond motifs is 1. The van der Waals surface area contributed by atoms with E-state index < -0.39 is 0 Å². The Labute approximate surface area is 122 Å². The number of carbonyl (C=O) groups is 2. The predicted octanol–water partition coefficient (Wildman–Crippen LogP) is 2.71. The van der Waals surface area contributed by atoms with E-state index in [1.807, 2.05) is 0 Å². The average Bonchev–Trinajstić information content (AvgIpc) is 2.43. The van der Waals surface area contributed by atoms with Crippen LogP contribution in [0.25, 0.3) is 0 Å². The number of benzene rings is 1. The van der Waals surface area contributed by atoms with Gasteiger partial charge in [-0.15, -0.1) is 4.91 Å². The molecular formula is C15H18N2O4. The molecule has 1 aliphatic carbocycles. The van der Waals surface area contributed by atoms with E-state index in [0.29, 0.717) is 12.3 Å². The van der Waals surface area contributed by atoms with Crippen LogP contribution in [0.3, 0.4) is 0 Å². The number of ether oxygens (including phenoxy) is 1. The summed E-state index contributed by atoms with van der Waals surface area (Å²) in [5, 5.41) is 5.60. The third-order valence-corrected chi connectivity index (χ3v) is 3.58. The number of amides is 1. The van der Waals surface area contributed by atoms with Crippen LogP contribution >= 0.6 is 0 Å². The number of anilines is 1. The number of rotatable bonds is 4. The number of nitrogens with one attached hydrogen (secondary N) is 1. The quantitative estimate of drug-likeness (QED) is 0.682. The van der Waals surface area contributed by atoms with Gasteiger partial charge in [0.1, 0.15) is 5.69 Å². The van der Waals surface area contributed by atoms with Gasteiger partial charge in [0.25, 0.3) is 0 Å². The fraction of sp³-hybridized carbons (Fsp3) is 0.467. The van der Waals surface area contributed by atoms with E-state index in [2.05, 4.69) is 10.5 Å². The van der Waals surface area contributed by atoms with Crippen molar-refractivity contribution >= 4 is 23.3 Å². The van der Waals surface area contributed by atoms with Gasteiger partial charge in [-0.25, -0.2) is 0 Å². The van der Waals surface area contributed by atoms with Crippen molar-refractivity contribution in [1.29, 1.82) is 0 Å². The molecule has 1 N–H and O–H groups in total. The number of esters is 1. The second-order valence-electron chi connectivity index (χ2n) is 5.32. The summed E-state index contributed by atoms with van der Waals surface area (Å²) in [4.78, 5) is 32.9. The van der Waals surface area contributed by atoms with E-state index in [9.17, 15) is 14.5 Å². The van der Waals surface area contributed by atoms with Crippen LogP contribution in [0.2, 0.25) is 0 Å². The van der Waals surface area contributed by atoms with Crippen LogP contribution in [0.5, 0.6) is 0 Å². The Morgan fingerprint density at radius 1 is 1.33 bits per heavy atom. The SMILES string of the molecule is CC(=O)Nc1cc2c(cc1N=O)CCC(COC(C)=O)C2. The van der Waals surface area contributed by atoms with Crippen LogP contribution in [0.15, 0.2) is 17.3 Å². The van der Waals surface area contributed by atoms with Crippen molar-refractivity contribution in [3.8, 4) is 0 Å². The van der Waals surface area contributed by atoms with Gasteiger partial charge in [0.15, 0.2) is 0 Å². The van der Waals surface area contributed by atoms with E-state index in [0.717, 1.165) is 30.4 Å². The Bertz CT molecular complexity index is 583. The number of nitrogens with zero attached hydrogens (tertiary/aromatic N) is 1. The molecular weight excluding hydrogens is 272 g/mol. The van der Waals surface area contributed by atoms with Crippen LogP contribution < -0.4 is 5.32 Å². The molecule has 0 radical (unpaired) electrons. The third kappa shape index (κ3) is 3.87. The van der Waals surface area contributed by atoms with Crippen molar-refractivity contribution in [1.82, 2.24) is 0 Å². The minimum absolute atomic E-state index is 0.243. The van der Waals surface area contributed by atoms with Gasteiger partial charge in [-0.05, 0) is 53.6 Å². The lowest BCUT2D eigenvalue weighted by Crippen LogP contribution is -2.20. The second kappa shape index (κ2) is 6.47. The first kappa shape index (κ1) is 15.2. The summed E-state index contributed by atoms with van der Waals surface area (Å²) >= 11 is 0. The fourth-order valence-electron chi connectivity index (χ4n) is 2.61. The maximum Gasteiger partial charge on any atom is 0.302 e. The molecule has 0 heterocycles. The molecule has 1 unspecified atom stereocenters. The van der Waals surface area contributed by atoms with Gasteiger partial charge in [-0.3, -0.25) is 9.59 Å². The van der Waals surface area contributed by atoms with E-state index in [1.165, 1.54) is 13.8 Å². The normalized spacial score (nSPS) is 16.8. The molecule has 0 saturated carbocycles. The molecule has 1 aromatic carbocycles. The molecule has 0 bridgehead atoms. The number of hydrogen-bond donors (Lipinski definition) is 1. The van der Waals surface area contributed by atoms with E-state index >= 15 is 0 Å². The lowest BCUT2D eigenvalue weighted by Gasteiger charge is -2.25. The minimum Gasteiger partial charge on any atom is -0.466 e. The van der Waals surface area contributed by atoms with Crippen molar-refractivity contribution in [2.45, 2.75) is 33.1 Å². The molecule has 6 nitrogen and oxygen atoms in total. The van der Waals surface area contributed by atoms with Gasteiger partial charge in [-0.2, -0.15) is 0 Å². The van der Waals surface area contributed by atoms with Gasteiger partial charge in [0.2, 0.25) is 5.91 Å². The Morgan fingerprint density at radius 3 is 2.71 bits per heavy atom. The monoisotopic (exact) mass is 290 g/mol. The molecule has 112 valence electrons. The van der Waals surface area contributed by atoms with Crippen LogP contribution in [0.4, 0.5) is 11.4 Å². The highest BCUT2D eigenvalue weighted by molar-refractivity contribution is 5.92. The van der Waals surface area contributed by atoms with Crippen LogP contribution in [0.1, 0.15) is 31.4 Å². The van der Waals surface area contributed by atoms with Crippen LogP contribution in [-0.4, -0.2) is 18.5 Å². The number of hydrogen-bond acceptors (Lipinski definition) is 5. The fourth-order valence-corrected chi connectivity index (χ4v) is 2.61. The summed E-state index contributed by atoms with van der Waals surface area (Å²) in [6, 6.07) is 3.53. The minimum atomic E-state index is -0.278. The molecule has 1 atom stereocenters.